The third-order valence-electron chi connectivity index (χ3n) is 6.56. The van der Waals surface area contributed by atoms with Gasteiger partial charge in [-0.3, -0.25) is 4.79 Å². The number of rotatable bonds is 7. The maximum absolute atomic E-state index is 13.1. The Labute approximate surface area is 205 Å². The van der Waals surface area contributed by atoms with Crippen LogP contribution in [0.4, 0.5) is 0 Å². The molecule has 1 aliphatic rings. The average Bonchev–Trinajstić information content (AvgIpc) is 3.18. The van der Waals surface area contributed by atoms with Gasteiger partial charge in [0.15, 0.2) is 0 Å². The molecule has 1 aliphatic heterocycles. The van der Waals surface area contributed by atoms with Crippen LogP contribution in [0.15, 0.2) is 64.3 Å². The number of amides is 1. The van der Waals surface area contributed by atoms with E-state index in [-0.39, 0.29) is 22.4 Å². The number of nitrogens with zero attached hydrogens (tertiary/aromatic N) is 5. The fourth-order valence-corrected chi connectivity index (χ4v) is 6.03. The van der Waals surface area contributed by atoms with E-state index in [1.165, 1.54) is 21.1 Å². The third kappa shape index (κ3) is 4.81. The summed E-state index contributed by atoms with van der Waals surface area (Å²) in [6.45, 7) is 5.44. The Morgan fingerprint density at radius 1 is 1.00 bits per heavy atom. The van der Waals surface area contributed by atoms with Crippen LogP contribution in [0.5, 0.6) is 0 Å². The Hall–Kier alpha value is -3.24. The van der Waals surface area contributed by atoms with E-state index in [0.717, 1.165) is 5.69 Å². The second-order valence-electron chi connectivity index (χ2n) is 8.62. The number of hydrogen-bond acceptors (Lipinski definition) is 5. The van der Waals surface area contributed by atoms with Crippen LogP contribution in [0.25, 0.3) is 5.69 Å². The molecular weight excluding hydrogens is 466 g/mol. The fourth-order valence-electron chi connectivity index (χ4n) is 4.57. The molecule has 0 radical (unpaired) electrons. The second kappa shape index (κ2) is 10.2. The second-order valence-corrected chi connectivity index (χ2v) is 10.6. The van der Waals surface area contributed by atoms with Crippen LogP contribution in [0, 0.1) is 0 Å². The normalized spacial score (nSPS) is 15.0. The largest absolute Gasteiger partial charge is 0.350 e. The summed E-state index contributed by atoms with van der Waals surface area (Å²) < 4.78 is 29.8. The number of sulfonamides is 1. The number of piperidine rings is 1. The van der Waals surface area contributed by atoms with E-state index >= 15 is 0 Å². The van der Waals surface area contributed by atoms with Crippen LogP contribution < -0.4 is 5.69 Å². The van der Waals surface area contributed by atoms with Crippen molar-refractivity contribution in [1.29, 1.82) is 0 Å². The van der Waals surface area contributed by atoms with Crippen molar-refractivity contribution >= 4 is 15.9 Å². The first kappa shape index (κ1) is 24.9. The van der Waals surface area contributed by atoms with Gasteiger partial charge in [-0.25, -0.2) is 22.5 Å². The van der Waals surface area contributed by atoms with E-state index in [2.05, 4.69) is 5.10 Å². The van der Waals surface area contributed by atoms with Gasteiger partial charge in [0.05, 0.1) is 10.6 Å². The number of benzene rings is 2. The van der Waals surface area contributed by atoms with Crippen LogP contribution in [0.2, 0.25) is 0 Å². The highest BCUT2D eigenvalue weighted by atomic mass is 32.2. The predicted octanol–water partition coefficient (Wildman–Crippen LogP) is 2.62. The van der Waals surface area contributed by atoms with Crippen LogP contribution in [0.1, 0.15) is 48.8 Å². The van der Waals surface area contributed by atoms with Crippen molar-refractivity contribution in [2.24, 2.45) is 7.05 Å². The maximum atomic E-state index is 13.1. The topological polar surface area (TPSA) is 97.5 Å². The summed E-state index contributed by atoms with van der Waals surface area (Å²) in [5.41, 5.74) is 1.05. The average molecular weight is 498 g/mol. The lowest BCUT2D eigenvalue weighted by atomic mass is 9.95. The third-order valence-corrected chi connectivity index (χ3v) is 8.62. The van der Waals surface area contributed by atoms with Gasteiger partial charge in [-0.2, -0.15) is 9.40 Å². The van der Waals surface area contributed by atoms with E-state index in [0.29, 0.717) is 50.4 Å². The van der Waals surface area contributed by atoms with Gasteiger partial charge in [0, 0.05) is 44.7 Å². The molecule has 2 heterocycles. The molecule has 0 atom stereocenters. The molecule has 0 spiro atoms. The number of para-hydroxylation sites is 1. The summed E-state index contributed by atoms with van der Waals surface area (Å²) in [7, 11) is -1.92. The van der Waals surface area contributed by atoms with Crippen LogP contribution in [-0.4, -0.2) is 64.1 Å². The summed E-state index contributed by atoms with van der Waals surface area (Å²) in [4.78, 5) is 27.8. The fraction of sp³-hybridized carbons (Fsp3) is 0.400. The first-order valence-corrected chi connectivity index (χ1v) is 13.3. The van der Waals surface area contributed by atoms with Crippen LogP contribution in [0.3, 0.4) is 0 Å². The van der Waals surface area contributed by atoms with Crippen molar-refractivity contribution in [3.05, 3.63) is 76.5 Å². The van der Waals surface area contributed by atoms with Crippen molar-refractivity contribution in [3.8, 4) is 5.69 Å². The Bertz CT molecular complexity index is 1330. The molecular formula is C25H31N5O4S. The quantitative estimate of drug-likeness (QED) is 0.500. The standard InChI is InChI=1S/C25H31N5O4S/c1-4-29(5-2)35(33,34)22-13-11-20(12-14-22)24(31)28-17-15-19(16-18-28)23-26-27(3)25(32)30(23)21-9-7-6-8-10-21/h6-14,19H,4-5,15-18H2,1-3H3. The number of aryl methyl sites for hydroxylation is 1. The van der Waals surface area contributed by atoms with E-state index in [1.807, 2.05) is 30.3 Å². The van der Waals surface area contributed by atoms with Crippen LogP contribution in [-0.2, 0) is 17.1 Å². The van der Waals surface area contributed by atoms with Gasteiger partial charge in [0.25, 0.3) is 5.91 Å². The molecule has 1 saturated heterocycles. The number of carbonyl (C=O) groups is 1. The zero-order valence-corrected chi connectivity index (χ0v) is 21.1. The van der Waals surface area contributed by atoms with E-state index in [9.17, 15) is 18.0 Å². The molecule has 4 rings (SSSR count). The van der Waals surface area contributed by atoms with Crippen molar-refractivity contribution in [1.82, 2.24) is 23.6 Å². The lowest BCUT2D eigenvalue weighted by molar-refractivity contribution is 0.0710. The van der Waals surface area contributed by atoms with Gasteiger partial charge >= 0.3 is 5.69 Å². The van der Waals surface area contributed by atoms with Crippen molar-refractivity contribution in [2.75, 3.05) is 26.2 Å². The molecule has 1 fully saturated rings. The van der Waals surface area contributed by atoms with Crippen molar-refractivity contribution in [2.45, 2.75) is 37.5 Å². The van der Waals surface area contributed by atoms with E-state index in [4.69, 9.17) is 0 Å². The molecule has 10 heteroatoms. The molecule has 1 amide bonds. The van der Waals surface area contributed by atoms with Gasteiger partial charge < -0.3 is 4.90 Å². The minimum atomic E-state index is -3.56. The van der Waals surface area contributed by atoms with Crippen molar-refractivity contribution < 1.29 is 13.2 Å². The highest BCUT2D eigenvalue weighted by molar-refractivity contribution is 7.89. The summed E-state index contributed by atoms with van der Waals surface area (Å²) in [5.74, 6) is 0.633. The Morgan fingerprint density at radius 3 is 2.17 bits per heavy atom. The molecule has 0 saturated carbocycles. The van der Waals surface area contributed by atoms with Gasteiger partial charge in [0.1, 0.15) is 5.82 Å². The van der Waals surface area contributed by atoms with Gasteiger partial charge in [-0.1, -0.05) is 32.0 Å². The molecule has 35 heavy (non-hydrogen) atoms. The van der Waals surface area contributed by atoms with Crippen molar-refractivity contribution in [3.63, 3.8) is 0 Å². The molecule has 0 aliphatic carbocycles. The number of aromatic nitrogens is 3. The van der Waals surface area contributed by atoms with Gasteiger partial charge in [-0.15, -0.1) is 0 Å². The maximum Gasteiger partial charge on any atom is 0.350 e. The SMILES string of the molecule is CCN(CC)S(=O)(=O)c1ccc(C(=O)N2CCC(c3nn(C)c(=O)n3-c3ccccc3)CC2)cc1. The van der Waals surface area contributed by atoms with E-state index in [1.54, 1.807) is 42.5 Å². The highest BCUT2D eigenvalue weighted by Crippen LogP contribution is 2.28. The van der Waals surface area contributed by atoms with Gasteiger partial charge in [0.2, 0.25) is 10.0 Å². The minimum absolute atomic E-state index is 0.0507. The first-order chi connectivity index (χ1) is 16.8. The molecule has 186 valence electrons. The zero-order chi connectivity index (χ0) is 25.2. The zero-order valence-electron chi connectivity index (χ0n) is 20.3. The molecule has 3 aromatic rings. The Balaban J connectivity index is 1.47. The summed E-state index contributed by atoms with van der Waals surface area (Å²) in [5, 5.41) is 4.50. The molecule has 2 aromatic carbocycles. The molecule has 0 N–H and O–H groups in total. The lowest BCUT2D eigenvalue weighted by Gasteiger charge is -2.31. The molecule has 9 nitrogen and oxygen atoms in total. The number of hydrogen-bond donors (Lipinski definition) is 0. The monoisotopic (exact) mass is 497 g/mol. The molecule has 0 unspecified atom stereocenters. The molecule has 1 aromatic heterocycles. The summed E-state index contributed by atoms with van der Waals surface area (Å²) in [6, 6.07) is 15.6. The Kier molecular flexibility index (Phi) is 7.23. The molecule has 0 bridgehead atoms. The smallest absolute Gasteiger partial charge is 0.339 e. The van der Waals surface area contributed by atoms with Gasteiger partial charge in [-0.05, 0) is 49.2 Å². The summed E-state index contributed by atoms with van der Waals surface area (Å²) >= 11 is 0. The Morgan fingerprint density at radius 2 is 1.60 bits per heavy atom. The van der Waals surface area contributed by atoms with E-state index < -0.39 is 10.0 Å². The first-order valence-electron chi connectivity index (χ1n) is 11.9. The summed E-state index contributed by atoms with van der Waals surface area (Å²) in [6.07, 6.45) is 1.37. The number of carbonyl (C=O) groups excluding carboxylic acids is 1. The number of likely N-dealkylation sites (tertiary alicyclic amines) is 1. The predicted molar refractivity (Wildman–Crippen MR) is 133 cm³/mol. The minimum Gasteiger partial charge on any atom is -0.339 e. The lowest BCUT2D eigenvalue weighted by Crippen LogP contribution is -2.38. The van der Waals surface area contributed by atoms with Crippen LogP contribution >= 0.6 is 0 Å². The highest BCUT2D eigenvalue weighted by Gasteiger charge is 2.29.